The molecule has 0 amide bonds. The van der Waals surface area contributed by atoms with Crippen LogP contribution in [0.2, 0.25) is 0 Å². The van der Waals surface area contributed by atoms with E-state index in [1.165, 1.54) is 0 Å². The smallest absolute Gasteiger partial charge is 0.334 e. The van der Waals surface area contributed by atoms with Crippen molar-refractivity contribution in [2.24, 2.45) is 23.7 Å². The van der Waals surface area contributed by atoms with E-state index in [2.05, 4.69) is 13.8 Å². The van der Waals surface area contributed by atoms with E-state index in [1.54, 1.807) is 6.08 Å². The molecule has 3 aliphatic rings. The Hall–Kier alpha value is -1.36. The number of epoxide rings is 1. The van der Waals surface area contributed by atoms with Gasteiger partial charge in [-0.15, -0.1) is 0 Å². The second kappa shape index (κ2) is 4.58. The van der Waals surface area contributed by atoms with Crippen molar-refractivity contribution in [1.29, 1.82) is 0 Å². The third-order valence-electron chi connectivity index (χ3n) is 5.01. The summed E-state index contributed by atoms with van der Waals surface area (Å²) in [5.74, 6) is -1.04. The molecule has 0 radical (unpaired) electrons. The molecule has 1 N–H and O–H groups in total. The Morgan fingerprint density at radius 1 is 1.50 bits per heavy atom. The van der Waals surface area contributed by atoms with Gasteiger partial charge in [-0.25, -0.2) is 4.79 Å². The number of fused-ring (bicyclic) bond motifs is 2. The minimum atomic E-state index is -1.00. The molecule has 5 nitrogen and oxygen atoms in total. The highest BCUT2D eigenvalue weighted by molar-refractivity contribution is 5.88. The maximum atomic E-state index is 12.3. The lowest BCUT2D eigenvalue weighted by atomic mass is 9.63. The fourth-order valence-corrected chi connectivity index (χ4v) is 3.80. The lowest BCUT2D eigenvalue weighted by molar-refractivity contribution is -0.154. The number of rotatable bonds is 2. The van der Waals surface area contributed by atoms with Crippen LogP contribution in [0.3, 0.4) is 0 Å². The normalized spacial score (nSPS) is 39.9. The van der Waals surface area contributed by atoms with Gasteiger partial charge in [0.15, 0.2) is 0 Å². The quantitative estimate of drug-likeness (QED) is 0.614. The van der Waals surface area contributed by atoms with Gasteiger partial charge < -0.3 is 14.6 Å². The van der Waals surface area contributed by atoms with Crippen molar-refractivity contribution in [1.82, 2.24) is 0 Å². The summed E-state index contributed by atoms with van der Waals surface area (Å²) < 4.78 is 10.8. The van der Waals surface area contributed by atoms with E-state index in [4.69, 9.17) is 9.47 Å². The van der Waals surface area contributed by atoms with Gasteiger partial charge in [-0.3, -0.25) is 4.79 Å². The Bertz CT molecular complexity index is 475. The van der Waals surface area contributed by atoms with Crippen LogP contribution in [0.4, 0.5) is 0 Å². The Labute approximate surface area is 117 Å². The number of hydrogen-bond acceptors (Lipinski definition) is 4. The lowest BCUT2D eigenvalue weighted by Crippen LogP contribution is -2.45. The number of cyclic esters (lactones) is 1. The van der Waals surface area contributed by atoms with E-state index in [9.17, 15) is 14.7 Å². The van der Waals surface area contributed by atoms with E-state index < -0.39 is 11.6 Å². The number of carbonyl (C=O) groups is 2. The van der Waals surface area contributed by atoms with Crippen LogP contribution in [0.5, 0.6) is 0 Å². The predicted octanol–water partition coefficient (Wildman–Crippen LogP) is 1.62. The average Bonchev–Trinajstić information content (AvgIpc) is 3.14. The molecule has 20 heavy (non-hydrogen) atoms. The molecule has 0 aromatic heterocycles. The van der Waals surface area contributed by atoms with Crippen molar-refractivity contribution >= 4 is 11.9 Å². The summed E-state index contributed by atoms with van der Waals surface area (Å²) >= 11 is 0. The molecule has 110 valence electrons. The number of carboxylic acids is 1. The van der Waals surface area contributed by atoms with Crippen molar-refractivity contribution in [3.05, 3.63) is 11.6 Å². The number of esters is 1. The summed E-state index contributed by atoms with van der Waals surface area (Å²) in [5.41, 5.74) is -0.202. The van der Waals surface area contributed by atoms with Gasteiger partial charge in [-0.05, 0) is 30.6 Å². The number of carbonyl (C=O) groups excluding carboxylic acids is 1. The zero-order valence-electron chi connectivity index (χ0n) is 11.8. The molecule has 2 fully saturated rings. The van der Waals surface area contributed by atoms with Crippen LogP contribution in [0.15, 0.2) is 11.6 Å². The summed E-state index contributed by atoms with van der Waals surface area (Å²) in [6.07, 6.45) is 3.59. The highest BCUT2D eigenvalue weighted by atomic mass is 16.6. The Balaban J connectivity index is 2.01. The summed E-state index contributed by atoms with van der Waals surface area (Å²) in [7, 11) is 0. The third kappa shape index (κ3) is 2.04. The topological polar surface area (TPSA) is 76.1 Å². The highest BCUT2D eigenvalue weighted by Gasteiger charge is 2.62. The van der Waals surface area contributed by atoms with Gasteiger partial charge in [0, 0.05) is 0 Å². The van der Waals surface area contributed by atoms with E-state index in [0.717, 1.165) is 12.8 Å². The van der Waals surface area contributed by atoms with E-state index in [-0.39, 0.29) is 30.0 Å². The highest BCUT2D eigenvalue weighted by Crippen LogP contribution is 2.54. The first-order valence-electron chi connectivity index (χ1n) is 7.19. The molecule has 0 bridgehead atoms. The third-order valence-corrected chi connectivity index (χ3v) is 5.01. The maximum Gasteiger partial charge on any atom is 0.334 e. The minimum absolute atomic E-state index is 0.0904. The fraction of sp³-hybridized carbons (Fsp3) is 0.733. The fourth-order valence-electron chi connectivity index (χ4n) is 3.80. The molecule has 3 rings (SSSR count). The van der Waals surface area contributed by atoms with Gasteiger partial charge in [0.05, 0.1) is 18.1 Å². The molecule has 1 aliphatic carbocycles. The molecular weight excluding hydrogens is 260 g/mol. The van der Waals surface area contributed by atoms with Gasteiger partial charge >= 0.3 is 11.9 Å². The summed E-state index contributed by atoms with van der Waals surface area (Å²) in [5, 5.41) is 9.22. The second-order valence-electron chi connectivity index (χ2n) is 6.46. The molecule has 0 aromatic carbocycles. The van der Waals surface area contributed by atoms with Crippen molar-refractivity contribution in [2.45, 2.75) is 32.3 Å². The maximum absolute atomic E-state index is 12.3. The van der Waals surface area contributed by atoms with Crippen LogP contribution in [0, 0.1) is 23.7 Å². The van der Waals surface area contributed by atoms with Crippen LogP contribution >= 0.6 is 0 Å². The zero-order chi connectivity index (χ0) is 14.5. The molecule has 2 aliphatic heterocycles. The standard InChI is InChI=1S/C15H20O5/c1-8(2)10-3-4-15(7-20-15)12-11(10)5-9(13(16)17)6-19-14(12)18/h5,8,10-12H,3-4,6-7H2,1-2H3,(H,16,17)/t10-,11-,12-,15-/m0/s1. The van der Waals surface area contributed by atoms with Gasteiger partial charge in [0.25, 0.3) is 0 Å². The number of aliphatic carboxylic acids is 1. The molecular formula is C15H20O5. The molecule has 1 spiro atoms. The van der Waals surface area contributed by atoms with Gasteiger partial charge in [-0.1, -0.05) is 19.9 Å². The molecule has 0 unspecified atom stereocenters. The summed E-state index contributed by atoms with van der Waals surface area (Å²) in [6, 6.07) is 0. The van der Waals surface area contributed by atoms with Crippen molar-refractivity contribution in [3.8, 4) is 0 Å². The molecule has 5 heteroatoms. The number of ether oxygens (including phenoxy) is 2. The minimum Gasteiger partial charge on any atom is -0.478 e. The molecule has 2 heterocycles. The first-order chi connectivity index (χ1) is 9.44. The van der Waals surface area contributed by atoms with Crippen LogP contribution < -0.4 is 0 Å². The second-order valence-corrected chi connectivity index (χ2v) is 6.46. The van der Waals surface area contributed by atoms with E-state index in [1.807, 2.05) is 0 Å². The van der Waals surface area contributed by atoms with Gasteiger partial charge in [0.1, 0.15) is 12.2 Å². The lowest BCUT2D eigenvalue weighted by Gasteiger charge is -2.40. The van der Waals surface area contributed by atoms with Crippen LogP contribution in [-0.4, -0.2) is 35.9 Å². The van der Waals surface area contributed by atoms with E-state index in [0.29, 0.717) is 18.4 Å². The number of allylic oxidation sites excluding steroid dienone is 1. The van der Waals surface area contributed by atoms with Gasteiger partial charge in [0.2, 0.25) is 0 Å². The van der Waals surface area contributed by atoms with Crippen LogP contribution in [0.1, 0.15) is 26.7 Å². The van der Waals surface area contributed by atoms with Crippen molar-refractivity contribution < 1.29 is 24.2 Å². The van der Waals surface area contributed by atoms with Crippen molar-refractivity contribution in [3.63, 3.8) is 0 Å². The van der Waals surface area contributed by atoms with Crippen LogP contribution in [0.25, 0.3) is 0 Å². The average molecular weight is 280 g/mol. The summed E-state index contributed by atoms with van der Waals surface area (Å²) in [4.78, 5) is 23.6. The SMILES string of the molecule is CC(C)[C@@H]1CC[C@]2(CO2)[C@@H]2C(=O)OCC(C(=O)O)=C[C@H]21. The Kier molecular flexibility index (Phi) is 3.12. The first-order valence-corrected chi connectivity index (χ1v) is 7.19. The Morgan fingerprint density at radius 3 is 2.75 bits per heavy atom. The molecule has 1 saturated carbocycles. The summed E-state index contributed by atoms with van der Waals surface area (Å²) in [6.45, 7) is 4.70. The van der Waals surface area contributed by atoms with E-state index >= 15 is 0 Å². The molecule has 0 aromatic rings. The first kappa shape index (κ1) is 13.6. The largest absolute Gasteiger partial charge is 0.478 e. The molecule has 1 saturated heterocycles. The monoisotopic (exact) mass is 280 g/mol. The van der Waals surface area contributed by atoms with Crippen LogP contribution in [-0.2, 0) is 19.1 Å². The van der Waals surface area contributed by atoms with Crippen molar-refractivity contribution in [2.75, 3.05) is 13.2 Å². The molecule has 4 atom stereocenters. The van der Waals surface area contributed by atoms with Gasteiger partial charge in [-0.2, -0.15) is 0 Å². The Morgan fingerprint density at radius 2 is 2.20 bits per heavy atom. The predicted molar refractivity (Wildman–Crippen MR) is 69.9 cm³/mol. The number of hydrogen-bond donors (Lipinski definition) is 1. The zero-order valence-corrected chi connectivity index (χ0v) is 11.8. The number of carboxylic acid groups (broad SMARTS) is 1.